The quantitative estimate of drug-likeness (QED) is 0.880. The number of morpholine rings is 1. The van der Waals surface area contributed by atoms with Gasteiger partial charge in [-0.05, 0) is 6.92 Å². The maximum Gasteiger partial charge on any atom is 0.253 e. The summed E-state index contributed by atoms with van der Waals surface area (Å²) in [6, 6.07) is 1.59. The number of amides is 2. The summed E-state index contributed by atoms with van der Waals surface area (Å²) in [4.78, 5) is 25.7. The zero-order valence-corrected chi connectivity index (χ0v) is 12.8. The molecule has 7 nitrogen and oxygen atoms in total. The summed E-state index contributed by atoms with van der Waals surface area (Å²) in [5, 5.41) is 6.39. The van der Waals surface area contributed by atoms with Crippen LogP contribution in [0.5, 0.6) is 0 Å². The lowest BCUT2D eigenvalue weighted by Crippen LogP contribution is -2.58. The van der Waals surface area contributed by atoms with Crippen molar-refractivity contribution in [2.75, 3.05) is 26.7 Å². The molecule has 0 aromatic carbocycles. The largest absolute Gasteiger partial charge is 0.362 e. The van der Waals surface area contributed by atoms with Crippen LogP contribution in [0, 0.1) is 0 Å². The average molecular weight is 316 g/mol. The minimum Gasteiger partial charge on any atom is -0.362 e. The predicted octanol–water partition coefficient (Wildman–Crippen LogP) is 0.624. The second-order valence-corrected chi connectivity index (χ2v) is 5.48. The van der Waals surface area contributed by atoms with Gasteiger partial charge in [-0.2, -0.15) is 0 Å². The fourth-order valence-electron chi connectivity index (χ4n) is 2.28. The van der Waals surface area contributed by atoms with Crippen LogP contribution in [0.3, 0.4) is 0 Å². The molecule has 1 N–H and O–H groups in total. The van der Waals surface area contributed by atoms with Crippen LogP contribution in [0.15, 0.2) is 10.6 Å². The number of hydrogen-bond donors (Lipinski definition) is 1. The van der Waals surface area contributed by atoms with Crippen molar-refractivity contribution in [1.82, 2.24) is 15.4 Å². The maximum atomic E-state index is 12.2. The first-order valence-corrected chi connectivity index (χ1v) is 7.07. The maximum absolute atomic E-state index is 12.2. The highest BCUT2D eigenvalue weighted by Crippen LogP contribution is 2.19. The van der Waals surface area contributed by atoms with Crippen molar-refractivity contribution in [3.8, 4) is 0 Å². The van der Waals surface area contributed by atoms with Gasteiger partial charge in [0.2, 0.25) is 5.91 Å². The second-order valence-electron chi connectivity index (χ2n) is 5.09. The van der Waals surface area contributed by atoms with E-state index < -0.39 is 5.60 Å². The highest BCUT2D eigenvalue weighted by molar-refractivity contribution is 6.29. The van der Waals surface area contributed by atoms with E-state index in [1.807, 2.05) is 0 Å². The Hall–Kier alpha value is -1.60. The predicted molar refractivity (Wildman–Crippen MR) is 74.8 cm³/mol. The molecule has 0 radical (unpaired) electrons. The third kappa shape index (κ3) is 3.74. The van der Waals surface area contributed by atoms with E-state index in [0.717, 1.165) is 0 Å². The van der Waals surface area contributed by atoms with Gasteiger partial charge in [0.25, 0.3) is 5.91 Å². The molecule has 1 aromatic rings. The molecule has 2 amide bonds. The number of rotatable bonds is 4. The van der Waals surface area contributed by atoms with Crippen LogP contribution in [0.4, 0.5) is 0 Å². The lowest BCUT2D eigenvalue weighted by atomic mass is 10.0. The second kappa shape index (κ2) is 6.44. The minimum atomic E-state index is -1.00. The van der Waals surface area contributed by atoms with Crippen molar-refractivity contribution in [1.29, 1.82) is 0 Å². The number of likely N-dealkylation sites (N-methyl/N-ethyl adjacent to an activating group) is 1. The van der Waals surface area contributed by atoms with Crippen LogP contribution >= 0.6 is 11.6 Å². The topological polar surface area (TPSA) is 84.7 Å². The molecule has 21 heavy (non-hydrogen) atoms. The highest BCUT2D eigenvalue weighted by Gasteiger charge is 2.39. The Morgan fingerprint density at radius 1 is 1.57 bits per heavy atom. The van der Waals surface area contributed by atoms with Crippen molar-refractivity contribution in [2.24, 2.45) is 0 Å². The van der Waals surface area contributed by atoms with Gasteiger partial charge in [-0.25, -0.2) is 0 Å². The zero-order chi connectivity index (χ0) is 15.5. The van der Waals surface area contributed by atoms with Gasteiger partial charge < -0.3 is 19.5 Å². The van der Waals surface area contributed by atoms with Crippen LogP contribution in [0.1, 0.15) is 19.1 Å². The Bertz CT molecular complexity index is 533. The SMILES string of the molecule is CNC(=O)[C@]1(C)CN(C(=O)CCc2cc(Cl)no2)CCO1. The molecule has 1 fully saturated rings. The van der Waals surface area contributed by atoms with Crippen LogP contribution in [0.2, 0.25) is 5.15 Å². The Morgan fingerprint density at radius 2 is 2.33 bits per heavy atom. The molecule has 0 unspecified atom stereocenters. The van der Waals surface area contributed by atoms with E-state index in [-0.39, 0.29) is 29.9 Å². The molecule has 116 valence electrons. The lowest BCUT2D eigenvalue weighted by molar-refractivity contribution is -0.162. The number of ether oxygens (including phenoxy) is 1. The molecule has 1 aliphatic rings. The average Bonchev–Trinajstić information content (AvgIpc) is 2.89. The van der Waals surface area contributed by atoms with Crippen molar-refractivity contribution in [2.45, 2.75) is 25.4 Å². The van der Waals surface area contributed by atoms with Gasteiger partial charge in [-0.3, -0.25) is 9.59 Å². The molecule has 1 atom stereocenters. The van der Waals surface area contributed by atoms with E-state index in [1.165, 1.54) is 0 Å². The van der Waals surface area contributed by atoms with E-state index in [4.69, 9.17) is 20.9 Å². The Kier molecular flexibility index (Phi) is 4.84. The monoisotopic (exact) mass is 315 g/mol. The van der Waals surface area contributed by atoms with Crippen molar-refractivity contribution >= 4 is 23.4 Å². The van der Waals surface area contributed by atoms with E-state index >= 15 is 0 Å². The Balaban J connectivity index is 1.91. The number of aryl methyl sites for hydroxylation is 1. The molecular formula is C13H18ClN3O4. The highest BCUT2D eigenvalue weighted by atomic mass is 35.5. The smallest absolute Gasteiger partial charge is 0.253 e. The molecule has 1 aliphatic heterocycles. The van der Waals surface area contributed by atoms with Gasteiger partial charge >= 0.3 is 0 Å². The fourth-order valence-corrected chi connectivity index (χ4v) is 2.43. The Labute approximate surface area is 127 Å². The van der Waals surface area contributed by atoms with Gasteiger partial charge in [-0.1, -0.05) is 16.8 Å². The molecule has 1 aromatic heterocycles. The van der Waals surface area contributed by atoms with Crippen LogP contribution in [0.25, 0.3) is 0 Å². The molecule has 0 aliphatic carbocycles. The molecule has 0 spiro atoms. The van der Waals surface area contributed by atoms with Crippen LogP contribution in [-0.2, 0) is 20.7 Å². The molecule has 1 saturated heterocycles. The van der Waals surface area contributed by atoms with E-state index in [1.54, 1.807) is 24.9 Å². The third-order valence-corrected chi connectivity index (χ3v) is 3.63. The molecule has 8 heteroatoms. The third-order valence-electron chi connectivity index (χ3n) is 3.45. The summed E-state index contributed by atoms with van der Waals surface area (Å²) in [7, 11) is 1.55. The zero-order valence-electron chi connectivity index (χ0n) is 12.0. The number of nitrogens with one attached hydrogen (secondary N) is 1. The number of halogens is 1. The first kappa shape index (κ1) is 15.8. The van der Waals surface area contributed by atoms with E-state index in [9.17, 15) is 9.59 Å². The molecule has 2 heterocycles. The van der Waals surface area contributed by atoms with Crippen LogP contribution in [-0.4, -0.2) is 54.2 Å². The standard InChI is InChI=1S/C13H18ClN3O4/c1-13(12(19)15-2)8-17(5-6-20-13)11(18)4-3-9-7-10(14)16-21-9/h7H,3-6,8H2,1-2H3,(H,15,19)/t13-/m0/s1. The number of carbonyl (C=O) groups is 2. The summed E-state index contributed by atoms with van der Waals surface area (Å²) in [6.45, 7) is 2.73. The summed E-state index contributed by atoms with van der Waals surface area (Å²) < 4.78 is 10.5. The van der Waals surface area contributed by atoms with Crippen molar-refractivity contribution in [3.63, 3.8) is 0 Å². The van der Waals surface area contributed by atoms with E-state index in [2.05, 4.69) is 10.5 Å². The molecular weight excluding hydrogens is 298 g/mol. The van der Waals surface area contributed by atoms with Crippen molar-refractivity contribution < 1.29 is 18.8 Å². The van der Waals surface area contributed by atoms with Gasteiger partial charge in [0.05, 0.1) is 13.2 Å². The molecule has 0 bridgehead atoms. The fraction of sp³-hybridized carbons (Fsp3) is 0.615. The van der Waals surface area contributed by atoms with E-state index in [0.29, 0.717) is 25.3 Å². The minimum absolute atomic E-state index is 0.0547. The lowest BCUT2D eigenvalue weighted by Gasteiger charge is -2.39. The molecule has 2 rings (SSSR count). The first-order valence-electron chi connectivity index (χ1n) is 6.69. The summed E-state index contributed by atoms with van der Waals surface area (Å²) >= 11 is 5.65. The number of aromatic nitrogens is 1. The van der Waals surface area contributed by atoms with Gasteiger partial charge in [0.1, 0.15) is 5.76 Å². The summed E-state index contributed by atoms with van der Waals surface area (Å²) in [5.74, 6) is 0.277. The summed E-state index contributed by atoms with van der Waals surface area (Å²) in [5.41, 5.74) is -1.00. The summed E-state index contributed by atoms with van der Waals surface area (Å²) in [6.07, 6.45) is 0.696. The van der Waals surface area contributed by atoms with Gasteiger partial charge in [0, 0.05) is 32.5 Å². The molecule has 0 saturated carbocycles. The Morgan fingerprint density at radius 3 is 2.95 bits per heavy atom. The van der Waals surface area contributed by atoms with Crippen LogP contribution < -0.4 is 5.32 Å². The number of hydrogen-bond acceptors (Lipinski definition) is 5. The number of nitrogens with zero attached hydrogens (tertiary/aromatic N) is 2. The normalized spacial score (nSPS) is 22.1. The number of carbonyl (C=O) groups excluding carboxylic acids is 2. The van der Waals surface area contributed by atoms with Gasteiger partial charge in [0.15, 0.2) is 10.8 Å². The first-order chi connectivity index (χ1) is 9.94. The van der Waals surface area contributed by atoms with Gasteiger partial charge in [-0.15, -0.1) is 0 Å². The van der Waals surface area contributed by atoms with Crippen molar-refractivity contribution in [3.05, 3.63) is 17.0 Å².